The Hall–Kier alpha value is -10.7. The molecule has 3 aromatic heterocycles. The number of fused-ring (bicyclic) bond motifs is 6. The van der Waals surface area contributed by atoms with Gasteiger partial charge in [-0.2, -0.15) is 15.8 Å². The third-order valence-corrected chi connectivity index (χ3v) is 13.8. The van der Waals surface area contributed by atoms with Gasteiger partial charge in [0.25, 0.3) is 0 Å². The van der Waals surface area contributed by atoms with Gasteiger partial charge in [0.1, 0.15) is 0 Å². The van der Waals surface area contributed by atoms with Crippen LogP contribution < -0.4 is 0 Å². The molecule has 0 N–H and O–H groups in total. The van der Waals surface area contributed by atoms with Gasteiger partial charge in [-0.1, -0.05) is 140 Å². The monoisotopic (exact) mass is 942 g/mol. The zero-order chi connectivity index (χ0) is 49.7. The van der Waals surface area contributed by atoms with Crippen molar-refractivity contribution in [3.8, 4) is 97.1 Å². The predicted octanol–water partition coefficient (Wildman–Crippen LogP) is 15.7. The molecule has 0 radical (unpaired) electrons. The molecule has 13 rings (SSSR count). The SMILES string of the molecule is N#Cc1cccc(-c2cccc(-c3nc(-c4cc(-c5cccc(C#N)c5)ccc4-n4c5ccccc5c5ccccc54)nc(-c4cc(-c5cccc(C#N)c5)ccc4-n4c5ccccc5c5ccccc54)n3)c2)c1. The van der Waals surface area contributed by atoms with Crippen molar-refractivity contribution in [1.82, 2.24) is 24.1 Å². The second kappa shape index (κ2) is 17.9. The highest BCUT2D eigenvalue weighted by molar-refractivity contribution is 6.11. The Morgan fingerprint density at radius 3 is 0.959 bits per heavy atom. The molecule has 13 aromatic rings. The smallest absolute Gasteiger partial charge is 0.166 e. The molecular formula is C66H38N8. The van der Waals surface area contributed by atoms with E-state index in [0.29, 0.717) is 34.2 Å². The van der Waals surface area contributed by atoms with E-state index in [2.05, 4.69) is 167 Å². The lowest BCUT2D eigenvalue weighted by atomic mass is 9.98. The quantitative estimate of drug-likeness (QED) is 0.150. The van der Waals surface area contributed by atoms with Crippen LogP contribution in [-0.4, -0.2) is 24.1 Å². The Morgan fingerprint density at radius 2 is 0.581 bits per heavy atom. The molecule has 0 atom stereocenters. The minimum absolute atomic E-state index is 0.432. The third-order valence-electron chi connectivity index (χ3n) is 13.8. The van der Waals surface area contributed by atoms with Crippen LogP contribution >= 0.6 is 0 Å². The van der Waals surface area contributed by atoms with Crippen LogP contribution in [0.5, 0.6) is 0 Å². The second-order valence-electron chi connectivity index (χ2n) is 18.2. The lowest BCUT2D eigenvalue weighted by Gasteiger charge is -2.18. The topological polar surface area (TPSA) is 120 Å². The Bertz CT molecular complexity index is 4210. The number of para-hydroxylation sites is 4. The maximum absolute atomic E-state index is 10.0. The van der Waals surface area contributed by atoms with Crippen molar-refractivity contribution >= 4 is 43.6 Å². The maximum atomic E-state index is 10.0. The van der Waals surface area contributed by atoms with Crippen molar-refractivity contribution in [3.63, 3.8) is 0 Å². The highest BCUT2D eigenvalue weighted by Crippen LogP contribution is 2.41. The minimum Gasteiger partial charge on any atom is -0.309 e. The molecule has 342 valence electrons. The molecular weight excluding hydrogens is 905 g/mol. The molecule has 0 unspecified atom stereocenters. The fraction of sp³-hybridized carbons (Fsp3) is 0. The van der Waals surface area contributed by atoms with Crippen LogP contribution in [0.3, 0.4) is 0 Å². The molecule has 3 heterocycles. The molecule has 0 amide bonds. The first-order chi connectivity index (χ1) is 36.5. The van der Waals surface area contributed by atoms with Gasteiger partial charge in [-0.15, -0.1) is 0 Å². The van der Waals surface area contributed by atoms with E-state index < -0.39 is 0 Å². The molecule has 0 aliphatic rings. The van der Waals surface area contributed by atoms with E-state index in [-0.39, 0.29) is 0 Å². The fourth-order valence-electron chi connectivity index (χ4n) is 10.4. The Balaban J connectivity index is 1.14. The number of hydrogen-bond acceptors (Lipinski definition) is 6. The number of nitriles is 3. The van der Waals surface area contributed by atoms with E-state index >= 15 is 0 Å². The van der Waals surface area contributed by atoms with Crippen molar-refractivity contribution in [3.05, 3.63) is 247 Å². The van der Waals surface area contributed by atoms with E-state index in [9.17, 15) is 15.8 Å². The summed E-state index contributed by atoms with van der Waals surface area (Å²) >= 11 is 0. The van der Waals surface area contributed by atoms with Crippen molar-refractivity contribution in [2.24, 2.45) is 0 Å². The Kier molecular flexibility index (Phi) is 10.5. The molecule has 0 spiro atoms. The Morgan fingerprint density at radius 1 is 0.270 bits per heavy atom. The van der Waals surface area contributed by atoms with Gasteiger partial charge >= 0.3 is 0 Å². The van der Waals surface area contributed by atoms with Crippen LogP contribution in [0, 0.1) is 34.0 Å². The summed E-state index contributed by atoms with van der Waals surface area (Å²) in [5.41, 5.74) is 15.0. The van der Waals surface area contributed by atoms with Gasteiger partial charge < -0.3 is 9.13 Å². The maximum Gasteiger partial charge on any atom is 0.166 e. The fourth-order valence-corrected chi connectivity index (χ4v) is 10.4. The van der Waals surface area contributed by atoms with Crippen LogP contribution in [0.1, 0.15) is 16.7 Å². The summed E-state index contributed by atoms with van der Waals surface area (Å²) in [5.74, 6) is 1.31. The summed E-state index contributed by atoms with van der Waals surface area (Å²) < 4.78 is 4.57. The third kappa shape index (κ3) is 7.42. The van der Waals surface area contributed by atoms with E-state index in [1.807, 2.05) is 84.9 Å². The van der Waals surface area contributed by atoms with E-state index in [1.165, 1.54) is 0 Å². The molecule has 74 heavy (non-hydrogen) atoms. The first kappa shape index (κ1) is 43.3. The second-order valence-corrected chi connectivity index (χ2v) is 18.2. The largest absolute Gasteiger partial charge is 0.309 e. The van der Waals surface area contributed by atoms with Crippen molar-refractivity contribution < 1.29 is 0 Å². The van der Waals surface area contributed by atoms with Gasteiger partial charge in [0.05, 0.1) is 68.3 Å². The molecule has 0 saturated carbocycles. The highest BCUT2D eigenvalue weighted by Gasteiger charge is 2.24. The van der Waals surface area contributed by atoms with Crippen molar-refractivity contribution in [2.75, 3.05) is 0 Å². The van der Waals surface area contributed by atoms with Crippen LogP contribution in [0.25, 0.3) is 123 Å². The van der Waals surface area contributed by atoms with Gasteiger partial charge in [0.15, 0.2) is 17.5 Å². The molecule has 0 fully saturated rings. The van der Waals surface area contributed by atoms with Crippen LogP contribution in [0.4, 0.5) is 0 Å². The average molecular weight is 943 g/mol. The molecule has 0 aliphatic heterocycles. The standard InChI is InChI=1S/C66H38N8/c67-39-42-13-9-16-45(33-42)48-19-12-20-51(36-48)64-70-65(56-37-49(46-17-10-14-43(34-46)40-68)29-31-62(56)73-58-25-5-1-21-52(58)53-22-2-6-26-59(53)73)72-66(71-64)57-38-50(47-18-11-15-44(35-47)41-69)30-32-63(57)74-60-27-7-3-23-54(60)55-24-4-8-28-61(55)74/h1-38H. The number of hydrogen-bond donors (Lipinski definition) is 0. The zero-order valence-corrected chi connectivity index (χ0v) is 39.5. The molecule has 8 heteroatoms. The van der Waals surface area contributed by atoms with Crippen LogP contribution in [0.15, 0.2) is 231 Å². The number of rotatable bonds is 8. The number of aromatic nitrogens is 5. The van der Waals surface area contributed by atoms with E-state index in [4.69, 9.17) is 15.0 Å². The van der Waals surface area contributed by atoms with E-state index in [0.717, 1.165) is 105 Å². The summed E-state index contributed by atoms with van der Waals surface area (Å²) in [7, 11) is 0. The van der Waals surface area contributed by atoms with Crippen LogP contribution in [-0.2, 0) is 0 Å². The van der Waals surface area contributed by atoms with Gasteiger partial charge in [-0.05, 0) is 124 Å². The predicted molar refractivity (Wildman–Crippen MR) is 295 cm³/mol. The molecule has 10 aromatic carbocycles. The zero-order valence-electron chi connectivity index (χ0n) is 39.5. The van der Waals surface area contributed by atoms with Crippen molar-refractivity contribution in [1.29, 1.82) is 15.8 Å². The van der Waals surface area contributed by atoms with Gasteiger partial charge in [0.2, 0.25) is 0 Å². The van der Waals surface area contributed by atoms with Gasteiger partial charge in [-0.3, -0.25) is 0 Å². The van der Waals surface area contributed by atoms with Crippen LogP contribution in [0.2, 0.25) is 0 Å². The minimum atomic E-state index is 0.432. The first-order valence-electron chi connectivity index (χ1n) is 24.2. The lowest BCUT2D eigenvalue weighted by Crippen LogP contribution is -2.06. The highest BCUT2D eigenvalue weighted by atomic mass is 15.1. The normalized spacial score (nSPS) is 11.2. The summed E-state index contributed by atoms with van der Waals surface area (Å²) in [6.07, 6.45) is 0. The first-order valence-corrected chi connectivity index (χ1v) is 24.2. The number of benzene rings is 10. The Labute approximate surface area is 425 Å². The molecule has 0 aliphatic carbocycles. The summed E-state index contributed by atoms with van der Waals surface area (Å²) in [4.78, 5) is 16.6. The number of nitrogens with zero attached hydrogens (tertiary/aromatic N) is 8. The van der Waals surface area contributed by atoms with E-state index in [1.54, 1.807) is 6.07 Å². The molecule has 0 saturated heterocycles. The average Bonchev–Trinajstić information content (AvgIpc) is 4.00. The summed E-state index contributed by atoms with van der Waals surface area (Å²) in [6, 6.07) is 84.3. The van der Waals surface area contributed by atoms with Gasteiger partial charge in [-0.25, -0.2) is 15.0 Å². The van der Waals surface area contributed by atoms with Crippen molar-refractivity contribution in [2.45, 2.75) is 0 Å². The summed E-state index contributed by atoms with van der Waals surface area (Å²) in [6.45, 7) is 0. The molecule has 8 nitrogen and oxygen atoms in total. The molecule has 0 bridgehead atoms. The summed E-state index contributed by atoms with van der Waals surface area (Å²) in [5, 5.41) is 34.4. The van der Waals surface area contributed by atoms with Gasteiger partial charge in [0, 0.05) is 38.2 Å². The lowest BCUT2D eigenvalue weighted by molar-refractivity contribution is 1.06.